The van der Waals surface area contributed by atoms with E-state index in [1.165, 1.54) is 0 Å². The van der Waals surface area contributed by atoms with Gasteiger partial charge in [0.05, 0.1) is 12.0 Å². The maximum absolute atomic E-state index is 12.6. The van der Waals surface area contributed by atoms with E-state index in [1.54, 1.807) is 6.07 Å². The Balaban J connectivity index is 1.74. The molecule has 2 aliphatic heterocycles. The fourth-order valence-electron chi connectivity index (χ4n) is 3.92. The topological polar surface area (TPSA) is 46.6 Å². The van der Waals surface area contributed by atoms with Crippen molar-refractivity contribution >= 4 is 23.3 Å². The molecule has 25 heavy (non-hydrogen) atoms. The van der Waals surface area contributed by atoms with E-state index >= 15 is 0 Å². The smallest absolute Gasteiger partial charge is 0.225 e. The first-order valence-electron chi connectivity index (χ1n) is 9.20. The summed E-state index contributed by atoms with van der Waals surface area (Å²) in [5.74, 6) is 1.07. The summed E-state index contributed by atoms with van der Waals surface area (Å²) in [6.45, 7) is 7.35. The number of aryl methyl sites for hydroxylation is 1. The van der Waals surface area contributed by atoms with Crippen LogP contribution in [0.25, 0.3) is 0 Å². The molecule has 2 heterocycles. The third-order valence-corrected chi connectivity index (χ3v) is 6.10. The summed E-state index contributed by atoms with van der Waals surface area (Å²) < 4.78 is 6.29. The monoisotopic (exact) mass is 363 g/mol. The first kappa shape index (κ1) is 18.2. The van der Waals surface area contributed by atoms with Crippen LogP contribution < -0.4 is 4.74 Å². The SMILES string of the molecule is CCC(CC)C(=O)N1CCC2(CC1)CC(=O)c1cc(Cl)c(C)cc1O2. The maximum atomic E-state index is 12.6. The average molecular weight is 364 g/mol. The molecule has 1 aromatic rings. The molecule has 3 rings (SSSR count). The van der Waals surface area contributed by atoms with Gasteiger partial charge in [0, 0.05) is 36.9 Å². The number of ether oxygens (including phenoxy) is 1. The van der Waals surface area contributed by atoms with Crippen molar-refractivity contribution in [2.75, 3.05) is 13.1 Å². The van der Waals surface area contributed by atoms with Gasteiger partial charge in [0.15, 0.2) is 5.78 Å². The van der Waals surface area contributed by atoms with Crippen LogP contribution in [0.3, 0.4) is 0 Å². The van der Waals surface area contributed by atoms with Crippen molar-refractivity contribution in [2.24, 2.45) is 5.92 Å². The van der Waals surface area contributed by atoms with Crippen LogP contribution in [0.15, 0.2) is 12.1 Å². The van der Waals surface area contributed by atoms with E-state index < -0.39 is 5.60 Å². The fraction of sp³-hybridized carbons (Fsp3) is 0.600. The highest BCUT2D eigenvalue weighted by Crippen LogP contribution is 2.41. The Hall–Kier alpha value is -1.55. The van der Waals surface area contributed by atoms with Crippen molar-refractivity contribution in [1.29, 1.82) is 0 Å². The van der Waals surface area contributed by atoms with Gasteiger partial charge >= 0.3 is 0 Å². The van der Waals surface area contributed by atoms with Crippen LogP contribution in [0.1, 0.15) is 61.9 Å². The summed E-state index contributed by atoms with van der Waals surface area (Å²) in [5, 5.41) is 0.595. The molecule has 0 atom stereocenters. The highest BCUT2D eigenvalue weighted by Gasteiger charge is 2.44. The Morgan fingerprint density at radius 3 is 2.52 bits per heavy atom. The van der Waals surface area contributed by atoms with Gasteiger partial charge < -0.3 is 9.64 Å². The van der Waals surface area contributed by atoms with Crippen LogP contribution in [0.5, 0.6) is 5.75 Å². The number of ketones is 1. The van der Waals surface area contributed by atoms with Gasteiger partial charge in [-0.2, -0.15) is 0 Å². The van der Waals surface area contributed by atoms with E-state index in [4.69, 9.17) is 16.3 Å². The first-order valence-corrected chi connectivity index (χ1v) is 9.58. The van der Waals surface area contributed by atoms with Crippen molar-refractivity contribution in [3.63, 3.8) is 0 Å². The molecule has 0 aromatic heterocycles. The van der Waals surface area contributed by atoms with Gasteiger partial charge in [-0.3, -0.25) is 9.59 Å². The Kier molecular flexibility index (Phi) is 5.10. The van der Waals surface area contributed by atoms with Crippen molar-refractivity contribution in [1.82, 2.24) is 4.90 Å². The van der Waals surface area contributed by atoms with Gasteiger partial charge in [0.25, 0.3) is 0 Å². The molecule has 0 unspecified atom stereocenters. The van der Waals surface area contributed by atoms with Crippen LogP contribution in [-0.4, -0.2) is 35.3 Å². The van der Waals surface area contributed by atoms with Crippen molar-refractivity contribution in [3.05, 3.63) is 28.3 Å². The van der Waals surface area contributed by atoms with E-state index in [0.29, 0.717) is 48.7 Å². The molecule has 136 valence electrons. The Labute approximate surface area is 154 Å². The summed E-state index contributed by atoms with van der Waals surface area (Å²) >= 11 is 6.15. The Morgan fingerprint density at radius 1 is 1.28 bits per heavy atom. The quantitative estimate of drug-likeness (QED) is 0.799. The highest BCUT2D eigenvalue weighted by atomic mass is 35.5. The van der Waals surface area contributed by atoms with Crippen LogP contribution in [0.4, 0.5) is 0 Å². The summed E-state index contributed by atoms with van der Waals surface area (Å²) in [7, 11) is 0. The highest BCUT2D eigenvalue weighted by molar-refractivity contribution is 6.31. The zero-order chi connectivity index (χ0) is 18.2. The molecule has 1 saturated heterocycles. The number of fused-ring (bicyclic) bond motifs is 1. The third kappa shape index (κ3) is 3.41. The van der Waals surface area contributed by atoms with Gasteiger partial charge in [-0.05, 0) is 37.5 Å². The van der Waals surface area contributed by atoms with Crippen LogP contribution in [0, 0.1) is 12.8 Å². The zero-order valence-electron chi connectivity index (χ0n) is 15.2. The number of rotatable bonds is 3. The number of amides is 1. The normalized spacial score (nSPS) is 19.1. The molecule has 1 aromatic carbocycles. The number of halogens is 1. The van der Waals surface area contributed by atoms with Gasteiger partial charge in [-0.25, -0.2) is 0 Å². The summed E-state index contributed by atoms with van der Waals surface area (Å²) in [6, 6.07) is 3.57. The third-order valence-electron chi connectivity index (χ3n) is 5.69. The van der Waals surface area contributed by atoms with Gasteiger partial charge in [-0.1, -0.05) is 25.4 Å². The Morgan fingerprint density at radius 2 is 1.92 bits per heavy atom. The molecular weight excluding hydrogens is 338 g/mol. The molecule has 5 heteroatoms. The number of piperidine rings is 1. The maximum Gasteiger partial charge on any atom is 0.225 e. The standard InChI is InChI=1S/C20H26ClNO3/c1-4-14(5-2)19(24)22-8-6-20(7-9-22)12-17(23)15-11-16(21)13(3)10-18(15)25-20/h10-11,14H,4-9,12H2,1-3H3. The predicted octanol–water partition coefficient (Wildman–Crippen LogP) is 4.41. The summed E-state index contributed by atoms with van der Waals surface area (Å²) in [4.78, 5) is 27.1. The first-order chi connectivity index (χ1) is 11.9. The summed E-state index contributed by atoms with van der Waals surface area (Å²) in [6.07, 6.45) is 3.52. The lowest BCUT2D eigenvalue weighted by Crippen LogP contribution is -2.53. The largest absolute Gasteiger partial charge is 0.486 e. The Bertz CT molecular complexity index is 688. The lowest BCUT2D eigenvalue weighted by atomic mass is 9.82. The van der Waals surface area contributed by atoms with Crippen LogP contribution >= 0.6 is 11.6 Å². The molecule has 0 radical (unpaired) electrons. The van der Waals surface area contributed by atoms with E-state index in [-0.39, 0.29) is 17.6 Å². The number of hydrogen-bond donors (Lipinski definition) is 0. The van der Waals surface area contributed by atoms with E-state index in [1.807, 2.05) is 17.9 Å². The molecule has 1 fully saturated rings. The van der Waals surface area contributed by atoms with Crippen molar-refractivity contribution < 1.29 is 14.3 Å². The van der Waals surface area contributed by atoms with Crippen LogP contribution in [-0.2, 0) is 4.79 Å². The molecule has 0 N–H and O–H groups in total. The molecule has 1 amide bonds. The van der Waals surface area contributed by atoms with E-state index in [2.05, 4.69) is 13.8 Å². The zero-order valence-corrected chi connectivity index (χ0v) is 16.0. The molecule has 0 bridgehead atoms. The number of nitrogens with zero attached hydrogens (tertiary/aromatic N) is 1. The van der Waals surface area contributed by atoms with Gasteiger partial charge in [0.1, 0.15) is 11.4 Å². The molecular formula is C20H26ClNO3. The number of Topliss-reactive ketones (excluding diaryl/α,β-unsaturated/α-hetero) is 1. The predicted molar refractivity (Wildman–Crippen MR) is 98.4 cm³/mol. The van der Waals surface area contributed by atoms with Gasteiger partial charge in [0.2, 0.25) is 5.91 Å². The van der Waals surface area contributed by atoms with E-state index in [0.717, 1.165) is 18.4 Å². The van der Waals surface area contributed by atoms with Crippen LogP contribution in [0.2, 0.25) is 5.02 Å². The number of hydrogen-bond acceptors (Lipinski definition) is 3. The lowest BCUT2D eigenvalue weighted by Gasteiger charge is -2.44. The second-order valence-electron chi connectivity index (χ2n) is 7.32. The minimum absolute atomic E-state index is 0.0860. The lowest BCUT2D eigenvalue weighted by molar-refractivity contribution is -0.139. The van der Waals surface area contributed by atoms with E-state index in [9.17, 15) is 9.59 Å². The number of carbonyl (C=O) groups is 2. The molecule has 4 nitrogen and oxygen atoms in total. The van der Waals surface area contributed by atoms with Gasteiger partial charge in [-0.15, -0.1) is 0 Å². The minimum Gasteiger partial charge on any atom is -0.486 e. The molecule has 2 aliphatic rings. The summed E-state index contributed by atoms with van der Waals surface area (Å²) in [5.41, 5.74) is 1.01. The van der Waals surface area contributed by atoms with Crippen molar-refractivity contribution in [2.45, 2.75) is 58.5 Å². The second-order valence-corrected chi connectivity index (χ2v) is 7.73. The second kappa shape index (κ2) is 6.99. The molecule has 1 spiro atoms. The average Bonchev–Trinajstić information content (AvgIpc) is 2.58. The fourth-order valence-corrected chi connectivity index (χ4v) is 4.09. The minimum atomic E-state index is -0.477. The number of benzene rings is 1. The molecule has 0 saturated carbocycles. The van der Waals surface area contributed by atoms with Crippen molar-refractivity contribution in [3.8, 4) is 5.75 Å². The number of carbonyl (C=O) groups excluding carboxylic acids is 2. The number of likely N-dealkylation sites (tertiary alicyclic amines) is 1. The molecule has 0 aliphatic carbocycles.